The monoisotopic (exact) mass is 223 g/mol. The molecular formula is C10H13N3O3. The number of aromatic nitrogens is 2. The zero-order valence-corrected chi connectivity index (χ0v) is 8.93. The van der Waals surface area contributed by atoms with E-state index in [1.807, 2.05) is 0 Å². The third kappa shape index (κ3) is 1.78. The second-order valence-electron chi connectivity index (χ2n) is 3.98. The fourth-order valence-corrected chi connectivity index (χ4v) is 1.88. The van der Waals surface area contributed by atoms with Crippen molar-refractivity contribution in [3.05, 3.63) is 17.5 Å². The number of carboxylic acids is 1. The Morgan fingerprint density at radius 2 is 2.38 bits per heavy atom. The highest BCUT2D eigenvalue weighted by Crippen LogP contribution is 2.19. The van der Waals surface area contributed by atoms with Crippen LogP contribution in [0.1, 0.15) is 22.5 Å². The molecule has 0 spiro atoms. The number of aryl methyl sites for hydroxylation is 1. The van der Waals surface area contributed by atoms with Gasteiger partial charge in [0.2, 0.25) is 0 Å². The van der Waals surface area contributed by atoms with Crippen molar-refractivity contribution in [2.75, 3.05) is 13.1 Å². The number of rotatable bonds is 2. The third-order valence-electron chi connectivity index (χ3n) is 2.89. The number of carbonyl (C=O) groups excluding carboxylic acids is 1. The number of amides is 1. The average Bonchev–Trinajstić information content (AvgIpc) is 2.84. The Morgan fingerprint density at radius 1 is 1.62 bits per heavy atom. The minimum atomic E-state index is -0.834. The van der Waals surface area contributed by atoms with Crippen LogP contribution in [0.4, 0.5) is 0 Å². The van der Waals surface area contributed by atoms with E-state index >= 15 is 0 Å². The topological polar surface area (TPSA) is 86.3 Å². The van der Waals surface area contributed by atoms with Crippen LogP contribution < -0.4 is 0 Å². The molecule has 0 aliphatic carbocycles. The van der Waals surface area contributed by atoms with Crippen molar-refractivity contribution in [2.24, 2.45) is 5.92 Å². The Morgan fingerprint density at radius 3 is 2.88 bits per heavy atom. The van der Waals surface area contributed by atoms with Gasteiger partial charge in [0, 0.05) is 18.8 Å². The van der Waals surface area contributed by atoms with Gasteiger partial charge in [0.15, 0.2) is 0 Å². The lowest BCUT2D eigenvalue weighted by atomic mass is 10.1. The van der Waals surface area contributed by atoms with Gasteiger partial charge >= 0.3 is 5.97 Å². The van der Waals surface area contributed by atoms with E-state index in [-0.39, 0.29) is 5.91 Å². The molecule has 0 unspecified atom stereocenters. The van der Waals surface area contributed by atoms with Crippen molar-refractivity contribution in [3.63, 3.8) is 0 Å². The van der Waals surface area contributed by atoms with E-state index in [1.165, 1.54) is 6.20 Å². The summed E-state index contributed by atoms with van der Waals surface area (Å²) in [6.45, 7) is 2.56. The standard InChI is InChI=1S/C10H13N3O3/c1-6-8(4-11-12-6)9(14)13-3-2-7(5-13)10(15)16/h4,7H,2-3,5H2,1H3,(H,11,12)(H,15,16)/t7-/m1/s1. The summed E-state index contributed by atoms with van der Waals surface area (Å²) in [4.78, 5) is 24.3. The van der Waals surface area contributed by atoms with Gasteiger partial charge in [-0.1, -0.05) is 0 Å². The van der Waals surface area contributed by atoms with Gasteiger partial charge in [0.05, 0.1) is 17.7 Å². The number of aliphatic carboxylic acids is 1. The highest BCUT2D eigenvalue weighted by Gasteiger charge is 2.31. The SMILES string of the molecule is Cc1[nH]ncc1C(=O)N1CC[C@@H](C(=O)O)C1. The number of aromatic amines is 1. The third-order valence-corrected chi connectivity index (χ3v) is 2.89. The summed E-state index contributed by atoms with van der Waals surface area (Å²) in [6, 6.07) is 0. The van der Waals surface area contributed by atoms with Gasteiger partial charge < -0.3 is 10.0 Å². The van der Waals surface area contributed by atoms with Gasteiger partial charge in [-0.2, -0.15) is 5.10 Å². The van der Waals surface area contributed by atoms with Crippen LogP contribution in [-0.2, 0) is 4.79 Å². The van der Waals surface area contributed by atoms with Crippen molar-refractivity contribution < 1.29 is 14.7 Å². The predicted octanol–water partition coefficient (Wildman–Crippen LogP) is 0.265. The summed E-state index contributed by atoms with van der Waals surface area (Å²) in [5.41, 5.74) is 1.23. The smallest absolute Gasteiger partial charge is 0.308 e. The molecule has 2 N–H and O–H groups in total. The van der Waals surface area contributed by atoms with Crippen LogP contribution in [0.25, 0.3) is 0 Å². The Labute approximate surface area is 92.3 Å². The van der Waals surface area contributed by atoms with E-state index in [4.69, 9.17) is 5.11 Å². The molecule has 1 aliphatic rings. The van der Waals surface area contributed by atoms with Crippen LogP contribution >= 0.6 is 0 Å². The summed E-state index contributed by atoms with van der Waals surface area (Å²) in [7, 11) is 0. The highest BCUT2D eigenvalue weighted by molar-refractivity contribution is 5.95. The van der Waals surface area contributed by atoms with Crippen LogP contribution in [0, 0.1) is 12.8 Å². The van der Waals surface area contributed by atoms with Gasteiger partial charge in [0.25, 0.3) is 5.91 Å². The van der Waals surface area contributed by atoms with Crippen LogP contribution in [0.15, 0.2) is 6.20 Å². The van der Waals surface area contributed by atoms with Crippen molar-refractivity contribution >= 4 is 11.9 Å². The largest absolute Gasteiger partial charge is 0.481 e. The Bertz CT molecular complexity index is 427. The van der Waals surface area contributed by atoms with E-state index in [0.717, 1.165) is 0 Å². The molecule has 2 heterocycles. The summed E-state index contributed by atoms with van der Waals surface area (Å²) < 4.78 is 0. The van der Waals surface area contributed by atoms with Gasteiger partial charge in [-0.15, -0.1) is 0 Å². The Kier molecular flexibility index (Phi) is 2.64. The lowest BCUT2D eigenvalue weighted by molar-refractivity contribution is -0.141. The second kappa shape index (κ2) is 3.96. The fraction of sp³-hybridized carbons (Fsp3) is 0.500. The Hall–Kier alpha value is -1.85. The first-order valence-electron chi connectivity index (χ1n) is 5.11. The zero-order valence-electron chi connectivity index (χ0n) is 8.93. The molecule has 86 valence electrons. The molecule has 2 rings (SSSR count). The van der Waals surface area contributed by atoms with E-state index < -0.39 is 11.9 Å². The first kappa shape index (κ1) is 10.7. The number of carbonyl (C=O) groups is 2. The molecule has 1 fully saturated rings. The normalized spacial score (nSPS) is 20.1. The minimum absolute atomic E-state index is 0.144. The minimum Gasteiger partial charge on any atom is -0.481 e. The molecular weight excluding hydrogens is 210 g/mol. The number of hydrogen-bond donors (Lipinski definition) is 2. The predicted molar refractivity (Wildman–Crippen MR) is 55.0 cm³/mol. The van der Waals surface area contributed by atoms with Crippen molar-refractivity contribution in [1.29, 1.82) is 0 Å². The molecule has 6 heteroatoms. The Balaban J connectivity index is 2.08. The molecule has 6 nitrogen and oxygen atoms in total. The zero-order chi connectivity index (χ0) is 11.7. The lowest BCUT2D eigenvalue weighted by Crippen LogP contribution is -2.30. The lowest BCUT2D eigenvalue weighted by Gasteiger charge is -2.14. The van der Waals surface area contributed by atoms with Gasteiger partial charge in [-0.25, -0.2) is 0 Å². The molecule has 1 amide bonds. The maximum Gasteiger partial charge on any atom is 0.308 e. The van der Waals surface area contributed by atoms with Crippen molar-refractivity contribution in [2.45, 2.75) is 13.3 Å². The van der Waals surface area contributed by atoms with Gasteiger partial charge in [0.1, 0.15) is 0 Å². The number of likely N-dealkylation sites (tertiary alicyclic amines) is 1. The van der Waals surface area contributed by atoms with Crippen molar-refractivity contribution in [1.82, 2.24) is 15.1 Å². The van der Waals surface area contributed by atoms with E-state index in [9.17, 15) is 9.59 Å². The molecule has 0 aromatic carbocycles. The summed E-state index contributed by atoms with van der Waals surface area (Å²) in [5.74, 6) is -1.41. The van der Waals surface area contributed by atoms with Crippen LogP contribution in [0.2, 0.25) is 0 Å². The fourth-order valence-electron chi connectivity index (χ4n) is 1.88. The highest BCUT2D eigenvalue weighted by atomic mass is 16.4. The van der Waals surface area contributed by atoms with E-state index in [1.54, 1.807) is 11.8 Å². The average molecular weight is 223 g/mol. The quantitative estimate of drug-likeness (QED) is 0.753. The molecule has 1 atom stereocenters. The van der Waals surface area contributed by atoms with E-state index in [0.29, 0.717) is 30.8 Å². The van der Waals surface area contributed by atoms with Gasteiger partial charge in [-0.05, 0) is 13.3 Å². The van der Waals surface area contributed by atoms with Crippen molar-refractivity contribution in [3.8, 4) is 0 Å². The maximum atomic E-state index is 12.0. The molecule has 0 bridgehead atoms. The molecule has 16 heavy (non-hydrogen) atoms. The van der Waals surface area contributed by atoms with Crippen LogP contribution in [0.3, 0.4) is 0 Å². The van der Waals surface area contributed by atoms with Crippen LogP contribution in [-0.4, -0.2) is 45.2 Å². The number of H-pyrrole nitrogens is 1. The second-order valence-corrected chi connectivity index (χ2v) is 3.98. The van der Waals surface area contributed by atoms with Crippen LogP contribution in [0.5, 0.6) is 0 Å². The molecule has 0 saturated carbocycles. The number of nitrogens with one attached hydrogen (secondary N) is 1. The van der Waals surface area contributed by atoms with Gasteiger partial charge in [-0.3, -0.25) is 14.7 Å². The first-order valence-corrected chi connectivity index (χ1v) is 5.11. The molecule has 1 saturated heterocycles. The molecule has 1 aromatic heterocycles. The maximum absolute atomic E-state index is 12.0. The summed E-state index contributed by atoms with van der Waals surface area (Å²) in [5, 5.41) is 15.3. The number of hydrogen-bond acceptors (Lipinski definition) is 3. The first-order chi connectivity index (χ1) is 7.59. The number of carboxylic acid groups (broad SMARTS) is 1. The molecule has 1 aliphatic heterocycles. The molecule has 0 radical (unpaired) electrons. The summed E-state index contributed by atoms with van der Waals surface area (Å²) in [6.07, 6.45) is 2.00. The molecule has 1 aromatic rings. The summed E-state index contributed by atoms with van der Waals surface area (Å²) >= 11 is 0. The van der Waals surface area contributed by atoms with E-state index in [2.05, 4.69) is 10.2 Å². The number of nitrogens with zero attached hydrogens (tertiary/aromatic N) is 2.